The van der Waals surface area contributed by atoms with Crippen LogP contribution in [0.15, 0.2) is 78.9 Å². The Morgan fingerprint density at radius 1 is 1.00 bits per heavy atom. The largest absolute Gasteiger partial charge is 0.318 e. The number of hydrogen-bond acceptors (Lipinski definition) is 3. The third-order valence-corrected chi connectivity index (χ3v) is 6.95. The summed E-state index contributed by atoms with van der Waals surface area (Å²) in [6, 6.07) is 25.8. The lowest BCUT2D eigenvalue weighted by Crippen LogP contribution is -2.39. The van der Waals surface area contributed by atoms with E-state index in [0.717, 1.165) is 40.2 Å². The van der Waals surface area contributed by atoms with Crippen molar-refractivity contribution in [3.8, 4) is 0 Å². The monoisotopic (exact) mass is 480 g/mol. The molecule has 36 heavy (non-hydrogen) atoms. The standard InChI is InChI=1S/C30H32N4O2/c1-4-22-12-8-10-16-26(22)32-19-23(18-28(32)35)30-31-25-15-9-11-17-27(25)33(30)20-29(36)34(21(2)3)24-13-6-5-7-14-24/h5-17,21,23H,4,18-20H2,1-3H3/t23-/m1/s1. The van der Waals surface area contributed by atoms with E-state index in [1.165, 1.54) is 0 Å². The van der Waals surface area contributed by atoms with Crippen LogP contribution < -0.4 is 9.80 Å². The van der Waals surface area contributed by atoms with Gasteiger partial charge in [0.1, 0.15) is 12.4 Å². The summed E-state index contributed by atoms with van der Waals surface area (Å²) in [4.78, 5) is 35.5. The first-order valence-electron chi connectivity index (χ1n) is 12.7. The van der Waals surface area contributed by atoms with Crippen LogP contribution in [0.25, 0.3) is 11.0 Å². The van der Waals surface area contributed by atoms with Crippen molar-refractivity contribution in [3.63, 3.8) is 0 Å². The first-order valence-corrected chi connectivity index (χ1v) is 12.7. The molecule has 1 aliphatic heterocycles. The van der Waals surface area contributed by atoms with E-state index in [1.807, 2.05) is 101 Å². The molecule has 0 radical (unpaired) electrons. The summed E-state index contributed by atoms with van der Waals surface area (Å²) in [6.07, 6.45) is 1.24. The molecule has 5 rings (SSSR count). The van der Waals surface area contributed by atoms with Gasteiger partial charge in [0, 0.05) is 36.3 Å². The third-order valence-electron chi connectivity index (χ3n) is 6.95. The molecule has 1 atom stereocenters. The molecule has 6 nitrogen and oxygen atoms in total. The van der Waals surface area contributed by atoms with E-state index in [1.54, 1.807) is 0 Å². The van der Waals surface area contributed by atoms with Crippen molar-refractivity contribution in [2.45, 2.75) is 52.1 Å². The van der Waals surface area contributed by atoms with Crippen molar-refractivity contribution in [1.29, 1.82) is 0 Å². The number of aryl methyl sites for hydroxylation is 1. The number of nitrogens with zero attached hydrogens (tertiary/aromatic N) is 4. The van der Waals surface area contributed by atoms with Crippen LogP contribution in [0.5, 0.6) is 0 Å². The first-order chi connectivity index (χ1) is 17.5. The highest BCUT2D eigenvalue weighted by Crippen LogP contribution is 2.35. The quantitative estimate of drug-likeness (QED) is 0.348. The zero-order valence-corrected chi connectivity index (χ0v) is 21.1. The molecule has 0 bridgehead atoms. The molecule has 1 fully saturated rings. The van der Waals surface area contributed by atoms with Crippen LogP contribution in [0, 0.1) is 0 Å². The van der Waals surface area contributed by atoms with Crippen LogP contribution in [0.2, 0.25) is 0 Å². The Morgan fingerprint density at radius 3 is 2.44 bits per heavy atom. The third kappa shape index (κ3) is 4.39. The van der Waals surface area contributed by atoms with Crippen molar-refractivity contribution in [1.82, 2.24) is 9.55 Å². The van der Waals surface area contributed by atoms with Crippen molar-refractivity contribution in [2.24, 2.45) is 0 Å². The van der Waals surface area contributed by atoms with Crippen molar-refractivity contribution in [2.75, 3.05) is 16.3 Å². The number of aromatic nitrogens is 2. The van der Waals surface area contributed by atoms with Crippen LogP contribution in [-0.2, 0) is 22.6 Å². The predicted octanol–water partition coefficient (Wildman–Crippen LogP) is 5.56. The van der Waals surface area contributed by atoms with Crippen molar-refractivity contribution < 1.29 is 9.59 Å². The zero-order chi connectivity index (χ0) is 25.2. The van der Waals surface area contributed by atoms with E-state index in [9.17, 15) is 9.59 Å². The molecule has 2 amide bonds. The number of anilines is 2. The van der Waals surface area contributed by atoms with E-state index >= 15 is 0 Å². The molecular weight excluding hydrogens is 448 g/mol. The lowest BCUT2D eigenvalue weighted by Gasteiger charge is -2.28. The van der Waals surface area contributed by atoms with E-state index in [4.69, 9.17) is 4.98 Å². The number of amides is 2. The van der Waals surface area contributed by atoms with Crippen LogP contribution in [0.3, 0.4) is 0 Å². The summed E-state index contributed by atoms with van der Waals surface area (Å²) in [5.74, 6) is 0.801. The maximum absolute atomic E-state index is 13.7. The van der Waals surface area contributed by atoms with Crippen LogP contribution in [-0.4, -0.2) is 34.0 Å². The molecule has 1 aliphatic rings. The first kappa shape index (κ1) is 23.8. The number of carbonyl (C=O) groups excluding carboxylic acids is 2. The number of carbonyl (C=O) groups is 2. The van der Waals surface area contributed by atoms with E-state index in [0.29, 0.717) is 13.0 Å². The van der Waals surface area contributed by atoms with E-state index < -0.39 is 0 Å². The second kappa shape index (κ2) is 9.97. The summed E-state index contributed by atoms with van der Waals surface area (Å²) < 4.78 is 2.02. The fourth-order valence-corrected chi connectivity index (χ4v) is 5.29. The lowest BCUT2D eigenvalue weighted by atomic mass is 10.1. The van der Waals surface area contributed by atoms with Crippen molar-refractivity contribution in [3.05, 3.63) is 90.3 Å². The number of para-hydroxylation sites is 4. The van der Waals surface area contributed by atoms with Gasteiger partial charge in [0.2, 0.25) is 11.8 Å². The molecule has 184 valence electrons. The lowest BCUT2D eigenvalue weighted by molar-refractivity contribution is -0.119. The number of rotatable bonds is 7. The average Bonchev–Trinajstić information content (AvgIpc) is 3.45. The Bertz CT molecular complexity index is 1390. The van der Waals surface area contributed by atoms with Gasteiger partial charge in [-0.15, -0.1) is 0 Å². The molecule has 0 aliphatic carbocycles. The Labute approximate surface area is 212 Å². The molecule has 4 aromatic rings. The second-order valence-corrected chi connectivity index (χ2v) is 9.63. The zero-order valence-electron chi connectivity index (χ0n) is 21.1. The van der Waals surface area contributed by atoms with Gasteiger partial charge >= 0.3 is 0 Å². The summed E-state index contributed by atoms with van der Waals surface area (Å²) in [5, 5.41) is 0. The van der Waals surface area contributed by atoms with Crippen LogP contribution in [0.4, 0.5) is 11.4 Å². The number of hydrogen-bond donors (Lipinski definition) is 0. The van der Waals surface area contributed by atoms with Crippen LogP contribution in [0.1, 0.15) is 44.5 Å². The van der Waals surface area contributed by atoms with Gasteiger partial charge in [-0.2, -0.15) is 0 Å². The minimum atomic E-state index is -0.0909. The van der Waals surface area contributed by atoms with E-state index in [2.05, 4.69) is 13.0 Å². The topological polar surface area (TPSA) is 58.4 Å². The molecule has 0 saturated carbocycles. The highest BCUT2D eigenvalue weighted by atomic mass is 16.2. The van der Waals surface area contributed by atoms with Crippen molar-refractivity contribution >= 4 is 34.2 Å². The maximum Gasteiger partial charge on any atom is 0.247 e. The summed E-state index contributed by atoms with van der Waals surface area (Å²) in [6.45, 7) is 6.88. The maximum atomic E-state index is 13.7. The highest BCUT2D eigenvalue weighted by Gasteiger charge is 2.36. The molecule has 0 N–H and O–H groups in total. The van der Waals surface area contributed by atoms with Gasteiger partial charge in [-0.1, -0.05) is 55.5 Å². The Balaban J connectivity index is 1.50. The molecule has 0 unspecified atom stereocenters. The number of imidazole rings is 1. The fourth-order valence-electron chi connectivity index (χ4n) is 5.29. The molecule has 3 aromatic carbocycles. The number of fused-ring (bicyclic) bond motifs is 1. The predicted molar refractivity (Wildman–Crippen MR) is 144 cm³/mol. The Kier molecular flexibility index (Phi) is 6.59. The van der Waals surface area contributed by atoms with Gasteiger partial charge < -0.3 is 14.4 Å². The molecule has 0 spiro atoms. The minimum Gasteiger partial charge on any atom is -0.318 e. The average molecular weight is 481 g/mol. The highest BCUT2D eigenvalue weighted by molar-refractivity contribution is 5.97. The Morgan fingerprint density at radius 2 is 1.69 bits per heavy atom. The van der Waals surface area contributed by atoms with Gasteiger partial charge in [0.25, 0.3) is 0 Å². The fraction of sp³-hybridized carbons (Fsp3) is 0.300. The minimum absolute atomic E-state index is 0.00175. The molecular formula is C30H32N4O2. The van der Waals surface area contributed by atoms with E-state index in [-0.39, 0.29) is 30.3 Å². The molecule has 1 saturated heterocycles. The van der Waals surface area contributed by atoms with Gasteiger partial charge in [-0.3, -0.25) is 9.59 Å². The normalized spacial score (nSPS) is 15.7. The SMILES string of the molecule is CCc1ccccc1N1C[C@H](c2nc3ccccc3n2CC(=O)N(c2ccccc2)C(C)C)CC1=O. The smallest absolute Gasteiger partial charge is 0.247 e. The van der Waals surface area contributed by atoms with Crippen LogP contribution >= 0.6 is 0 Å². The molecule has 1 aromatic heterocycles. The van der Waals surface area contributed by atoms with Gasteiger partial charge in [0.15, 0.2) is 0 Å². The summed E-state index contributed by atoms with van der Waals surface area (Å²) in [5.41, 5.74) is 4.77. The number of benzene rings is 3. The summed E-state index contributed by atoms with van der Waals surface area (Å²) in [7, 11) is 0. The second-order valence-electron chi connectivity index (χ2n) is 9.63. The van der Waals surface area contributed by atoms with Gasteiger partial charge in [-0.25, -0.2) is 4.98 Å². The molecule has 2 heterocycles. The summed E-state index contributed by atoms with van der Waals surface area (Å²) >= 11 is 0. The molecule has 6 heteroatoms. The van der Waals surface area contributed by atoms with Gasteiger partial charge in [-0.05, 0) is 56.2 Å². The Hall–Kier alpha value is -3.93. The van der Waals surface area contributed by atoms with Gasteiger partial charge in [0.05, 0.1) is 11.0 Å².